The van der Waals surface area contributed by atoms with E-state index >= 15 is 0 Å². The molecule has 1 N–H and O–H groups in total. The maximum Gasteiger partial charge on any atom is 0.270 e. The highest BCUT2D eigenvalue weighted by atomic mass is 32.2. The molecule has 1 aromatic rings. The smallest absolute Gasteiger partial charge is 0.270 e. The van der Waals surface area contributed by atoms with Crippen LogP contribution in [0.5, 0.6) is 0 Å². The van der Waals surface area contributed by atoms with Crippen molar-refractivity contribution in [1.82, 2.24) is 4.31 Å². The molecule has 0 aromatic heterocycles. The summed E-state index contributed by atoms with van der Waals surface area (Å²) in [6, 6.07) is 3.24. The van der Waals surface area contributed by atoms with Gasteiger partial charge in [0, 0.05) is 25.7 Å². The number of halogens is 2. The van der Waals surface area contributed by atoms with Gasteiger partial charge in [0.15, 0.2) is 0 Å². The van der Waals surface area contributed by atoms with E-state index in [-0.39, 0.29) is 5.69 Å². The molecule has 21 heavy (non-hydrogen) atoms. The summed E-state index contributed by atoms with van der Waals surface area (Å²) >= 11 is 0. The van der Waals surface area contributed by atoms with Crippen molar-refractivity contribution in [2.75, 3.05) is 25.5 Å². The van der Waals surface area contributed by atoms with E-state index in [0.29, 0.717) is 10.8 Å². The molecule has 0 unspecified atom stereocenters. The van der Waals surface area contributed by atoms with E-state index in [1.165, 1.54) is 6.07 Å². The molecule has 0 saturated heterocycles. The lowest BCUT2D eigenvalue weighted by atomic mass is 10.3. The van der Waals surface area contributed by atoms with Crippen LogP contribution in [-0.4, -0.2) is 44.2 Å². The SMILES string of the molecule is CCNc1ccc([N+](=O)[O-])cc1S(=O)(=O)N(C)CC(F)F. The number of nitrogens with one attached hydrogen (secondary N) is 1. The molecular weight excluding hydrogens is 308 g/mol. The Balaban J connectivity index is 3.36. The fourth-order valence-electron chi connectivity index (χ4n) is 1.63. The average molecular weight is 323 g/mol. The molecule has 0 aliphatic rings. The number of non-ortho nitro benzene ring substituents is 1. The third-order valence-electron chi connectivity index (χ3n) is 2.63. The molecule has 0 atom stereocenters. The van der Waals surface area contributed by atoms with Crippen molar-refractivity contribution < 1.29 is 22.1 Å². The number of alkyl halides is 2. The number of hydrogen-bond donors (Lipinski definition) is 1. The highest BCUT2D eigenvalue weighted by Gasteiger charge is 2.28. The second kappa shape index (κ2) is 6.76. The number of nitrogens with zero attached hydrogens (tertiary/aromatic N) is 2. The van der Waals surface area contributed by atoms with E-state index in [4.69, 9.17) is 0 Å². The predicted octanol–water partition coefficient (Wildman–Crippen LogP) is 1.91. The number of nitro groups is 1. The van der Waals surface area contributed by atoms with Crippen molar-refractivity contribution in [3.05, 3.63) is 28.3 Å². The first-order valence-electron chi connectivity index (χ1n) is 5.97. The Morgan fingerprint density at radius 2 is 2.05 bits per heavy atom. The maximum absolute atomic E-state index is 12.4. The second-order valence-corrected chi connectivity index (χ2v) is 6.16. The Kier molecular flexibility index (Phi) is 5.55. The zero-order valence-corrected chi connectivity index (χ0v) is 12.2. The van der Waals surface area contributed by atoms with Gasteiger partial charge < -0.3 is 5.32 Å². The first-order valence-corrected chi connectivity index (χ1v) is 7.41. The highest BCUT2D eigenvalue weighted by molar-refractivity contribution is 7.89. The van der Waals surface area contributed by atoms with Crippen LogP contribution in [0.25, 0.3) is 0 Å². The molecule has 0 heterocycles. The minimum atomic E-state index is -4.26. The summed E-state index contributed by atoms with van der Waals surface area (Å²) < 4.78 is 49.7. The van der Waals surface area contributed by atoms with Crippen molar-refractivity contribution >= 4 is 21.4 Å². The van der Waals surface area contributed by atoms with Gasteiger partial charge in [-0.3, -0.25) is 10.1 Å². The van der Waals surface area contributed by atoms with Crippen molar-refractivity contribution in [3.8, 4) is 0 Å². The van der Waals surface area contributed by atoms with Crippen molar-refractivity contribution in [3.63, 3.8) is 0 Å². The molecule has 0 aliphatic heterocycles. The van der Waals surface area contributed by atoms with E-state index in [0.717, 1.165) is 19.2 Å². The van der Waals surface area contributed by atoms with Gasteiger partial charge in [-0.25, -0.2) is 17.2 Å². The maximum atomic E-state index is 12.4. The van der Waals surface area contributed by atoms with Crippen LogP contribution < -0.4 is 5.32 Å². The molecule has 0 saturated carbocycles. The molecule has 7 nitrogen and oxygen atoms in total. The molecule has 1 rings (SSSR count). The van der Waals surface area contributed by atoms with Gasteiger partial charge >= 0.3 is 0 Å². The highest BCUT2D eigenvalue weighted by Crippen LogP contribution is 2.28. The minimum Gasteiger partial charge on any atom is -0.384 e. The van der Waals surface area contributed by atoms with E-state index in [1.54, 1.807) is 6.92 Å². The summed E-state index contributed by atoms with van der Waals surface area (Å²) in [5.74, 6) is 0. The van der Waals surface area contributed by atoms with Crippen LogP contribution in [0.4, 0.5) is 20.2 Å². The fraction of sp³-hybridized carbons (Fsp3) is 0.455. The molecule has 0 aliphatic carbocycles. The number of hydrogen-bond acceptors (Lipinski definition) is 5. The van der Waals surface area contributed by atoms with Crippen molar-refractivity contribution in [1.29, 1.82) is 0 Å². The third kappa shape index (κ3) is 4.08. The zero-order chi connectivity index (χ0) is 16.2. The van der Waals surface area contributed by atoms with Gasteiger partial charge in [0.25, 0.3) is 12.1 Å². The molecule has 0 bridgehead atoms. The monoisotopic (exact) mass is 323 g/mol. The lowest BCUT2D eigenvalue weighted by Gasteiger charge is -2.19. The Morgan fingerprint density at radius 3 is 2.52 bits per heavy atom. The zero-order valence-electron chi connectivity index (χ0n) is 11.4. The summed E-state index contributed by atoms with van der Waals surface area (Å²) in [5, 5.41) is 13.5. The molecule has 0 radical (unpaired) electrons. The number of nitro benzene ring substituents is 1. The van der Waals surface area contributed by atoms with E-state index in [9.17, 15) is 27.3 Å². The van der Waals surface area contributed by atoms with Crippen LogP contribution in [-0.2, 0) is 10.0 Å². The molecule has 0 fully saturated rings. The molecule has 0 spiro atoms. The second-order valence-electron chi connectivity index (χ2n) is 4.14. The van der Waals surface area contributed by atoms with Crippen LogP contribution in [0.2, 0.25) is 0 Å². The topological polar surface area (TPSA) is 92.5 Å². The molecule has 10 heteroatoms. The average Bonchev–Trinajstić information content (AvgIpc) is 2.38. The van der Waals surface area contributed by atoms with Crippen LogP contribution >= 0.6 is 0 Å². The van der Waals surface area contributed by atoms with Crippen molar-refractivity contribution in [2.24, 2.45) is 0 Å². The van der Waals surface area contributed by atoms with Gasteiger partial charge in [0.1, 0.15) is 4.90 Å². The lowest BCUT2D eigenvalue weighted by Crippen LogP contribution is -2.32. The molecule has 118 valence electrons. The number of sulfonamides is 1. The standard InChI is InChI=1S/C11H15F2N3O4S/c1-3-14-9-5-4-8(16(17)18)6-10(9)21(19,20)15(2)7-11(12)13/h4-6,11,14H,3,7H2,1-2H3. The van der Waals surface area contributed by atoms with Crippen LogP contribution in [0.3, 0.4) is 0 Å². The third-order valence-corrected chi connectivity index (χ3v) is 4.49. The first-order chi connectivity index (χ1) is 9.70. The number of benzene rings is 1. The summed E-state index contributed by atoms with van der Waals surface area (Å²) in [5.41, 5.74) is -0.301. The Morgan fingerprint density at radius 1 is 1.43 bits per heavy atom. The van der Waals surface area contributed by atoms with Crippen LogP contribution in [0.15, 0.2) is 23.1 Å². The lowest BCUT2D eigenvalue weighted by molar-refractivity contribution is -0.385. The van der Waals surface area contributed by atoms with E-state index in [2.05, 4.69) is 5.32 Å². The minimum absolute atomic E-state index is 0.129. The first kappa shape index (κ1) is 17.2. The molecule has 1 aromatic carbocycles. The number of rotatable bonds is 7. The van der Waals surface area contributed by atoms with Crippen LogP contribution in [0.1, 0.15) is 6.92 Å². The van der Waals surface area contributed by atoms with E-state index < -0.39 is 38.5 Å². The van der Waals surface area contributed by atoms with Gasteiger partial charge in [0.2, 0.25) is 10.0 Å². The van der Waals surface area contributed by atoms with Gasteiger partial charge in [0.05, 0.1) is 17.2 Å². The van der Waals surface area contributed by atoms with Gasteiger partial charge in [-0.05, 0) is 13.0 Å². The Bertz CT molecular complexity index is 622. The predicted molar refractivity (Wildman–Crippen MR) is 73.1 cm³/mol. The van der Waals surface area contributed by atoms with Gasteiger partial charge in [-0.1, -0.05) is 0 Å². The normalized spacial score (nSPS) is 11.9. The summed E-state index contributed by atoms with van der Waals surface area (Å²) in [7, 11) is -3.26. The number of anilines is 1. The Hall–Kier alpha value is -1.81. The molecule has 0 amide bonds. The largest absolute Gasteiger partial charge is 0.384 e. The summed E-state index contributed by atoms with van der Waals surface area (Å²) in [4.78, 5) is 9.60. The van der Waals surface area contributed by atoms with Crippen LogP contribution in [0, 0.1) is 10.1 Å². The quantitative estimate of drug-likeness (QED) is 0.611. The summed E-state index contributed by atoms with van der Waals surface area (Å²) in [6.45, 7) is 1.09. The van der Waals surface area contributed by atoms with Gasteiger partial charge in [-0.2, -0.15) is 4.31 Å². The molecular formula is C11H15F2N3O4S. The van der Waals surface area contributed by atoms with Gasteiger partial charge in [-0.15, -0.1) is 0 Å². The summed E-state index contributed by atoms with van der Waals surface area (Å²) in [6.07, 6.45) is -2.84. The fourth-order valence-corrected chi connectivity index (χ4v) is 2.97. The van der Waals surface area contributed by atoms with E-state index in [1.807, 2.05) is 0 Å². The van der Waals surface area contributed by atoms with Crippen molar-refractivity contribution in [2.45, 2.75) is 18.2 Å². The Labute approximate surface area is 120 Å².